The predicted octanol–water partition coefficient (Wildman–Crippen LogP) is 7.32. The Bertz CT molecular complexity index is 428. The molecule has 0 bridgehead atoms. The molecule has 0 nitrogen and oxygen atoms in total. The van der Waals surface area contributed by atoms with Crippen LogP contribution in [0.2, 0.25) is 0 Å². The third-order valence-electron chi connectivity index (χ3n) is 6.31. The predicted molar refractivity (Wildman–Crippen MR) is 107 cm³/mol. The third kappa shape index (κ3) is 7.29. The van der Waals surface area contributed by atoms with Gasteiger partial charge in [-0.1, -0.05) is 63.5 Å². The van der Waals surface area contributed by atoms with Crippen LogP contribution in [0.4, 0.5) is 0 Å². The second-order valence-corrected chi connectivity index (χ2v) is 8.12. The van der Waals surface area contributed by atoms with Gasteiger partial charge in [-0.05, 0) is 87.2 Å². The van der Waals surface area contributed by atoms with E-state index < -0.39 is 0 Å². The van der Waals surface area contributed by atoms with Crippen LogP contribution in [0.3, 0.4) is 0 Å². The molecular weight excluding hydrogens is 288 g/mol. The Kier molecular flexibility index (Phi) is 9.34. The molecule has 2 aliphatic carbocycles. The Hall–Kier alpha value is -0.960. The summed E-state index contributed by atoms with van der Waals surface area (Å²) in [5, 5.41) is 0. The first-order valence-electron chi connectivity index (χ1n) is 10.7. The topological polar surface area (TPSA) is 0 Å². The standard InChI is InChI=1S/C24H38/c1-3-5-10-22-17-19-24(20-18-22)12-9-7-6-8-11-23-15-13-21(4-2)14-16-23/h8-9,11-12,21-24H,3-5,10,13-20H2,1-2H3/b11-8+,12-9+. The molecule has 0 N–H and O–H groups in total. The maximum absolute atomic E-state index is 3.22. The summed E-state index contributed by atoms with van der Waals surface area (Å²) in [6, 6.07) is 0. The number of hydrogen-bond donors (Lipinski definition) is 0. The second kappa shape index (κ2) is 11.6. The third-order valence-corrected chi connectivity index (χ3v) is 6.31. The van der Waals surface area contributed by atoms with Gasteiger partial charge in [0.1, 0.15) is 0 Å². The molecule has 0 atom stereocenters. The van der Waals surface area contributed by atoms with E-state index in [0.717, 1.165) is 23.7 Å². The molecule has 0 spiro atoms. The highest BCUT2D eigenvalue weighted by Gasteiger charge is 2.19. The van der Waals surface area contributed by atoms with Crippen molar-refractivity contribution in [2.45, 2.75) is 90.9 Å². The zero-order valence-electron chi connectivity index (χ0n) is 16.1. The molecule has 0 amide bonds. The van der Waals surface area contributed by atoms with E-state index in [1.807, 2.05) is 0 Å². The lowest BCUT2D eigenvalue weighted by molar-refractivity contribution is 0.291. The first-order chi connectivity index (χ1) is 11.8. The maximum Gasteiger partial charge on any atom is -0.0153 e. The molecule has 0 saturated heterocycles. The van der Waals surface area contributed by atoms with Crippen LogP contribution >= 0.6 is 0 Å². The van der Waals surface area contributed by atoms with Crippen LogP contribution in [0.25, 0.3) is 0 Å². The summed E-state index contributed by atoms with van der Waals surface area (Å²) in [5.41, 5.74) is 0. The van der Waals surface area contributed by atoms with Crippen molar-refractivity contribution in [2.75, 3.05) is 0 Å². The van der Waals surface area contributed by atoms with Gasteiger partial charge >= 0.3 is 0 Å². The molecule has 0 unspecified atom stereocenters. The zero-order valence-corrected chi connectivity index (χ0v) is 16.1. The van der Waals surface area contributed by atoms with Crippen LogP contribution in [0, 0.1) is 35.5 Å². The fraction of sp³-hybridized carbons (Fsp3) is 0.750. The van der Waals surface area contributed by atoms with Crippen LogP contribution < -0.4 is 0 Å². The number of rotatable bonds is 6. The Morgan fingerprint density at radius 1 is 0.708 bits per heavy atom. The highest BCUT2D eigenvalue weighted by atomic mass is 14.2. The van der Waals surface area contributed by atoms with Gasteiger partial charge in [0.2, 0.25) is 0 Å². The minimum Gasteiger partial charge on any atom is -0.0730 e. The first kappa shape index (κ1) is 19.4. The lowest BCUT2D eigenvalue weighted by Crippen LogP contribution is -2.12. The van der Waals surface area contributed by atoms with Gasteiger partial charge in [0.15, 0.2) is 0 Å². The fourth-order valence-corrected chi connectivity index (χ4v) is 4.42. The fourth-order valence-electron chi connectivity index (χ4n) is 4.42. The molecule has 2 fully saturated rings. The van der Waals surface area contributed by atoms with Gasteiger partial charge in [-0.25, -0.2) is 0 Å². The van der Waals surface area contributed by atoms with Gasteiger partial charge in [-0.15, -0.1) is 0 Å². The lowest BCUT2D eigenvalue weighted by Gasteiger charge is -2.26. The van der Waals surface area contributed by atoms with E-state index >= 15 is 0 Å². The Balaban J connectivity index is 1.61. The Labute approximate surface area is 151 Å². The zero-order chi connectivity index (χ0) is 17.0. The summed E-state index contributed by atoms with van der Waals surface area (Å²) in [7, 11) is 0. The summed E-state index contributed by atoms with van der Waals surface area (Å²) in [6.07, 6.45) is 25.7. The maximum atomic E-state index is 3.22. The van der Waals surface area contributed by atoms with Crippen molar-refractivity contribution < 1.29 is 0 Å². The molecule has 134 valence electrons. The summed E-state index contributed by atoms with van der Waals surface area (Å²) in [4.78, 5) is 0. The smallest absolute Gasteiger partial charge is 0.0153 e. The number of unbranched alkanes of at least 4 members (excludes halogenated alkanes) is 1. The van der Waals surface area contributed by atoms with E-state index in [4.69, 9.17) is 0 Å². The molecule has 2 aliphatic rings. The monoisotopic (exact) mass is 326 g/mol. The van der Waals surface area contributed by atoms with Crippen LogP contribution in [0.15, 0.2) is 24.3 Å². The average molecular weight is 327 g/mol. The van der Waals surface area contributed by atoms with Crippen molar-refractivity contribution in [1.82, 2.24) is 0 Å². The van der Waals surface area contributed by atoms with E-state index in [9.17, 15) is 0 Å². The molecule has 2 rings (SSSR count). The van der Waals surface area contributed by atoms with Crippen LogP contribution in [-0.4, -0.2) is 0 Å². The minimum atomic E-state index is 0.782. The molecule has 0 aromatic heterocycles. The number of allylic oxidation sites excluding steroid dienone is 4. The van der Waals surface area contributed by atoms with Gasteiger partial charge in [0.05, 0.1) is 0 Å². The van der Waals surface area contributed by atoms with E-state index in [2.05, 4.69) is 50.0 Å². The highest BCUT2D eigenvalue weighted by Crippen LogP contribution is 2.32. The first-order valence-corrected chi connectivity index (χ1v) is 10.7. The van der Waals surface area contributed by atoms with Crippen molar-refractivity contribution in [3.8, 4) is 11.8 Å². The van der Waals surface area contributed by atoms with E-state index in [1.165, 1.54) is 77.0 Å². The van der Waals surface area contributed by atoms with Gasteiger partial charge in [0, 0.05) is 0 Å². The molecule has 0 heterocycles. The van der Waals surface area contributed by atoms with E-state index in [0.29, 0.717) is 0 Å². The molecule has 24 heavy (non-hydrogen) atoms. The Morgan fingerprint density at radius 3 is 1.67 bits per heavy atom. The van der Waals surface area contributed by atoms with Crippen molar-refractivity contribution in [3.63, 3.8) is 0 Å². The molecule has 0 aromatic carbocycles. The van der Waals surface area contributed by atoms with Gasteiger partial charge in [-0.2, -0.15) is 0 Å². The van der Waals surface area contributed by atoms with Crippen molar-refractivity contribution in [3.05, 3.63) is 24.3 Å². The molecule has 0 aliphatic heterocycles. The van der Waals surface area contributed by atoms with Gasteiger partial charge < -0.3 is 0 Å². The van der Waals surface area contributed by atoms with Crippen molar-refractivity contribution in [1.29, 1.82) is 0 Å². The van der Waals surface area contributed by atoms with Gasteiger partial charge in [-0.3, -0.25) is 0 Å². The summed E-state index contributed by atoms with van der Waals surface area (Å²) in [6.45, 7) is 4.63. The number of hydrogen-bond acceptors (Lipinski definition) is 0. The van der Waals surface area contributed by atoms with Crippen molar-refractivity contribution in [2.24, 2.45) is 23.7 Å². The summed E-state index contributed by atoms with van der Waals surface area (Å²) < 4.78 is 0. The summed E-state index contributed by atoms with van der Waals surface area (Å²) >= 11 is 0. The molecule has 2 saturated carbocycles. The van der Waals surface area contributed by atoms with Crippen LogP contribution in [-0.2, 0) is 0 Å². The van der Waals surface area contributed by atoms with Crippen molar-refractivity contribution >= 4 is 0 Å². The molecule has 0 radical (unpaired) electrons. The molecule has 0 heteroatoms. The molecule has 0 aromatic rings. The molecular formula is C24H38. The van der Waals surface area contributed by atoms with Gasteiger partial charge in [0.25, 0.3) is 0 Å². The van der Waals surface area contributed by atoms with E-state index in [1.54, 1.807) is 0 Å². The summed E-state index contributed by atoms with van der Waals surface area (Å²) in [5.74, 6) is 9.99. The highest BCUT2D eigenvalue weighted by molar-refractivity contribution is 5.24. The van der Waals surface area contributed by atoms with Crippen LogP contribution in [0.1, 0.15) is 90.9 Å². The second-order valence-electron chi connectivity index (χ2n) is 8.12. The lowest BCUT2D eigenvalue weighted by atomic mass is 9.80. The quantitative estimate of drug-likeness (QED) is 0.449. The average Bonchev–Trinajstić information content (AvgIpc) is 2.64. The minimum absolute atomic E-state index is 0.782. The van der Waals surface area contributed by atoms with Crippen LogP contribution in [0.5, 0.6) is 0 Å². The van der Waals surface area contributed by atoms with E-state index in [-0.39, 0.29) is 0 Å². The Morgan fingerprint density at radius 2 is 1.21 bits per heavy atom. The normalized spacial score (nSPS) is 31.2. The SMILES string of the molecule is CCCCC1CCC(/C=C/C#C/C=C/C2CCC(CC)CC2)CC1. The largest absolute Gasteiger partial charge is 0.0730 e.